The largest absolute Gasteiger partial charge is 0.352 e. The highest BCUT2D eigenvalue weighted by atomic mass is 35.5. The van der Waals surface area contributed by atoms with Crippen LogP contribution >= 0.6 is 11.6 Å². The van der Waals surface area contributed by atoms with E-state index in [9.17, 15) is 8.42 Å². The normalized spacial score (nSPS) is 16.0. The summed E-state index contributed by atoms with van der Waals surface area (Å²) in [5.74, 6) is 0.883. The van der Waals surface area contributed by atoms with Crippen molar-refractivity contribution < 1.29 is 8.42 Å². The second-order valence-electron chi connectivity index (χ2n) is 7.04. The summed E-state index contributed by atoms with van der Waals surface area (Å²) in [5.41, 5.74) is 2.99. The van der Waals surface area contributed by atoms with E-state index in [-0.39, 0.29) is 4.90 Å². The number of para-hydroxylation sites is 2. The van der Waals surface area contributed by atoms with Crippen molar-refractivity contribution in [1.29, 1.82) is 0 Å². The van der Waals surface area contributed by atoms with Gasteiger partial charge in [0.05, 0.1) is 21.4 Å². The van der Waals surface area contributed by atoms with Gasteiger partial charge in [0.1, 0.15) is 0 Å². The van der Waals surface area contributed by atoms with Crippen molar-refractivity contribution in [3.63, 3.8) is 0 Å². The highest BCUT2D eigenvalue weighted by Gasteiger charge is 2.29. The summed E-state index contributed by atoms with van der Waals surface area (Å²) in [7, 11) is -3.56. The summed E-state index contributed by atoms with van der Waals surface area (Å²) < 4.78 is 29.6. The van der Waals surface area contributed by atoms with E-state index in [0.717, 1.165) is 22.4 Å². The molecule has 0 amide bonds. The Morgan fingerprint density at radius 1 is 0.862 bits per heavy atom. The van der Waals surface area contributed by atoms with E-state index >= 15 is 0 Å². The molecule has 0 saturated carbocycles. The van der Waals surface area contributed by atoms with Crippen molar-refractivity contribution in [2.75, 3.05) is 31.1 Å². The standard InChI is InChI=1S/C21H19ClN4O2S/c22-16-5-3-6-17(15-16)29(27,28)25-13-11-24(12-14-25)21-20-9-4-10-26(20)19-8-2-1-7-18(19)23-21/h1-10,15H,11-14H2. The number of fused-ring (bicyclic) bond motifs is 3. The van der Waals surface area contributed by atoms with Crippen LogP contribution in [0.2, 0.25) is 5.02 Å². The molecule has 1 saturated heterocycles. The summed E-state index contributed by atoms with van der Waals surface area (Å²) >= 11 is 5.98. The molecule has 0 N–H and O–H groups in total. The molecule has 2 aromatic heterocycles. The van der Waals surface area contributed by atoms with Gasteiger partial charge in [0.15, 0.2) is 5.82 Å². The third kappa shape index (κ3) is 3.15. The number of halogens is 1. The van der Waals surface area contributed by atoms with Crippen LogP contribution in [0.4, 0.5) is 5.82 Å². The highest BCUT2D eigenvalue weighted by molar-refractivity contribution is 7.89. The van der Waals surface area contributed by atoms with Gasteiger partial charge in [-0.3, -0.25) is 0 Å². The van der Waals surface area contributed by atoms with Gasteiger partial charge in [-0.05, 0) is 42.5 Å². The Hall–Kier alpha value is -2.61. The molecule has 1 fully saturated rings. The Balaban J connectivity index is 1.44. The maximum Gasteiger partial charge on any atom is 0.243 e. The number of aromatic nitrogens is 2. The van der Waals surface area contributed by atoms with Crippen LogP contribution in [-0.4, -0.2) is 48.3 Å². The number of sulfonamides is 1. The van der Waals surface area contributed by atoms with Gasteiger partial charge >= 0.3 is 0 Å². The molecule has 6 nitrogen and oxygen atoms in total. The first-order valence-electron chi connectivity index (χ1n) is 9.40. The molecule has 5 rings (SSSR count). The molecule has 148 valence electrons. The van der Waals surface area contributed by atoms with Crippen LogP contribution in [0.5, 0.6) is 0 Å². The van der Waals surface area contributed by atoms with Gasteiger partial charge in [-0.15, -0.1) is 0 Å². The third-order valence-electron chi connectivity index (χ3n) is 5.32. The molecule has 0 aliphatic carbocycles. The van der Waals surface area contributed by atoms with Gasteiger partial charge in [0, 0.05) is 37.4 Å². The average Bonchev–Trinajstić information content (AvgIpc) is 3.23. The average molecular weight is 427 g/mol. The fraction of sp³-hybridized carbons (Fsp3) is 0.190. The topological polar surface area (TPSA) is 57.9 Å². The van der Waals surface area contributed by atoms with E-state index in [1.165, 1.54) is 10.4 Å². The van der Waals surface area contributed by atoms with Crippen LogP contribution in [0, 0.1) is 0 Å². The second kappa shape index (κ2) is 7.02. The number of benzene rings is 2. The third-order valence-corrected chi connectivity index (χ3v) is 7.45. The fourth-order valence-corrected chi connectivity index (χ4v) is 5.58. The van der Waals surface area contributed by atoms with E-state index < -0.39 is 10.0 Å². The fourth-order valence-electron chi connectivity index (χ4n) is 3.86. The number of rotatable bonds is 3. The molecule has 0 unspecified atom stereocenters. The summed E-state index contributed by atoms with van der Waals surface area (Å²) in [6.07, 6.45) is 2.03. The lowest BCUT2D eigenvalue weighted by Gasteiger charge is -2.35. The van der Waals surface area contributed by atoms with Crippen molar-refractivity contribution in [2.24, 2.45) is 0 Å². The Morgan fingerprint density at radius 2 is 1.62 bits per heavy atom. The summed E-state index contributed by atoms with van der Waals surface area (Å²) in [5, 5.41) is 0.417. The smallest absolute Gasteiger partial charge is 0.243 e. The number of piperazine rings is 1. The quantitative estimate of drug-likeness (QED) is 0.501. The van der Waals surface area contributed by atoms with E-state index in [0.29, 0.717) is 31.2 Å². The van der Waals surface area contributed by atoms with Crippen LogP contribution in [0.3, 0.4) is 0 Å². The van der Waals surface area contributed by atoms with E-state index in [2.05, 4.69) is 15.4 Å². The maximum absolute atomic E-state index is 13.0. The molecule has 0 radical (unpaired) electrons. The lowest BCUT2D eigenvalue weighted by molar-refractivity contribution is 0.384. The van der Waals surface area contributed by atoms with Crippen LogP contribution in [-0.2, 0) is 10.0 Å². The number of hydrogen-bond donors (Lipinski definition) is 0. The SMILES string of the molecule is O=S(=O)(c1cccc(Cl)c1)N1CCN(c2nc3ccccc3n3cccc23)CC1. The molecule has 0 atom stereocenters. The zero-order valence-corrected chi connectivity index (χ0v) is 17.1. The Morgan fingerprint density at radius 3 is 2.41 bits per heavy atom. The maximum atomic E-state index is 13.0. The first kappa shape index (κ1) is 18.4. The predicted molar refractivity (Wildman–Crippen MR) is 115 cm³/mol. The molecule has 0 bridgehead atoms. The Labute approximate surface area is 174 Å². The predicted octanol–water partition coefficient (Wildman–Crippen LogP) is 3.65. The molecule has 3 heterocycles. The summed E-state index contributed by atoms with van der Waals surface area (Å²) in [4.78, 5) is 7.27. The van der Waals surface area contributed by atoms with E-state index in [4.69, 9.17) is 16.6 Å². The highest BCUT2D eigenvalue weighted by Crippen LogP contribution is 2.27. The van der Waals surface area contributed by atoms with Gasteiger partial charge < -0.3 is 9.30 Å². The van der Waals surface area contributed by atoms with E-state index in [1.807, 2.05) is 36.5 Å². The van der Waals surface area contributed by atoms with Crippen molar-refractivity contribution in [3.05, 3.63) is 71.9 Å². The molecular formula is C21H19ClN4O2S. The molecule has 1 aliphatic rings. The van der Waals surface area contributed by atoms with Crippen molar-refractivity contribution >= 4 is 44.0 Å². The molecule has 8 heteroatoms. The molecule has 1 aliphatic heterocycles. The molecule has 29 heavy (non-hydrogen) atoms. The summed E-state index contributed by atoms with van der Waals surface area (Å²) in [6, 6.07) is 18.5. The van der Waals surface area contributed by atoms with Crippen LogP contribution in [0.25, 0.3) is 16.6 Å². The van der Waals surface area contributed by atoms with E-state index in [1.54, 1.807) is 18.2 Å². The van der Waals surface area contributed by atoms with Gasteiger partial charge in [-0.1, -0.05) is 29.8 Å². The minimum atomic E-state index is -3.56. The zero-order chi connectivity index (χ0) is 20.0. The van der Waals surface area contributed by atoms with Crippen LogP contribution in [0.1, 0.15) is 0 Å². The van der Waals surface area contributed by atoms with Gasteiger partial charge in [0.2, 0.25) is 10.0 Å². The minimum absolute atomic E-state index is 0.233. The van der Waals surface area contributed by atoms with Crippen molar-refractivity contribution in [2.45, 2.75) is 4.90 Å². The van der Waals surface area contributed by atoms with Crippen molar-refractivity contribution in [1.82, 2.24) is 13.7 Å². The molecule has 0 spiro atoms. The molecular weight excluding hydrogens is 408 g/mol. The second-order valence-corrected chi connectivity index (χ2v) is 9.41. The number of hydrogen-bond acceptors (Lipinski definition) is 4. The van der Waals surface area contributed by atoms with Gasteiger partial charge in [-0.2, -0.15) is 4.31 Å². The lowest BCUT2D eigenvalue weighted by atomic mass is 10.2. The zero-order valence-electron chi connectivity index (χ0n) is 15.6. The van der Waals surface area contributed by atoms with Crippen molar-refractivity contribution in [3.8, 4) is 0 Å². The molecule has 2 aromatic carbocycles. The van der Waals surface area contributed by atoms with Crippen LogP contribution < -0.4 is 4.90 Å². The Bertz CT molecular complexity index is 1310. The molecule has 4 aromatic rings. The van der Waals surface area contributed by atoms with Gasteiger partial charge in [-0.25, -0.2) is 13.4 Å². The lowest BCUT2D eigenvalue weighted by Crippen LogP contribution is -2.49. The number of nitrogens with zero attached hydrogens (tertiary/aromatic N) is 4. The minimum Gasteiger partial charge on any atom is -0.352 e. The van der Waals surface area contributed by atoms with Gasteiger partial charge in [0.25, 0.3) is 0 Å². The Kier molecular flexibility index (Phi) is 4.46. The first-order chi connectivity index (χ1) is 14.0. The summed E-state index contributed by atoms with van der Waals surface area (Å²) in [6.45, 7) is 1.95. The monoisotopic (exact) mass is 426 g/mol. The first-order valence-corrected chi connectivity index (χ1v) is 11.2. The number of anilines is 1. The van der Waals surface area contributed by atoms with Crippen LogP contribution in [0.15, 0.2) is 71.8 Å².